The summed E-state index contributed by atoms with van der Waals surface area (Å²) in [5.41, 5.74) is 0.484. The van der Waals surface area contributed by atoms with E-state index in [1.165, 1.54) is 16.8 Å². The number of amides is 2. The summed E-state index contributed by atoms with van der Waals surface area (Å²) in [4.78, 5) is 38.8. The number of carbonyl (C=O) groups is 2. The third-order valence-electron chi connectivity index (χ3n) is 3.84. The summed E-state index contributed by atoms with van der Waals surface area (Å²) < 4.78 is 2.15. The Morgan fingerprint density at radius 3 is 2.28 bits per heavy atom. The van der Waals surface area contributed by atoms with Crippen molar-refractivity contribution >= 4 is 33.4 Å². The Kier molecular flexibility index (Phi) is 6.14. The molecule has 1 aromatic carbocycles. The molecule has 2 rings (SSSR count). The highest BCUT2D eigenvalue weighted by atomic mass is 79.9. The van der Waals surface area contributed by atoms with E-state index in [-0.39, 0.29) is 17.2 Å². The Hall–Kier alpha value is -2.41. The number of aryl methyl sites for hydroxylation is 1. The van der Waals surface area contributed by atoms with Crippen LogP contribution in [-0.2, 0) is 7.05 Å². The largest absolute Gasteiger partial charge is 0.339 e. The first-order valence-electron chi connectivity index (χ1n) is 7.94. The van der Waals surface area contributed by atoms with Crippen molar-refractivity contribution in [1.82, 2.24) is 9.47 Å². The van der Waals surface area contributed by atoms with Crippen molar-refractivity contribution in [3.05, 3.63) is 62.5 Å². The van der Waals surface area contributed by atoms with E-state index >= 15 is 0 Å². The van der Waals surface area contributed by atoms with Gasteiger partial charge in [0.05, 0.1) is 5.56 Å². The summed E-state index contributed by atoms with van der Waals surface area (Å²) in [6.07, 6.45) is 1.48. The van der Waals surface area contributed by atoms with Crippen LogP contribution in [0.25, 0.3) is 0 Å². The number of carbonyl (C=O) groups excluding carboxylic acids is 2. The summed E-state index contributed by atoms with van der Waals surface area (Å²) in [7, 11) is 1.55. The standard InChI is InChI=1S/C18H20BrN3O3/c1-4-22(5-2)17(24)13-10-15(18(25)21(3)11-13)20-16(23)12-6-8-14(19)9-7-12/h6-11H,4-5H2,1-3H3,(H,20,23). The molecule has 0 saturated carbocycles. The van der Waals surface area contributed by atoms with Gasteiger partial charge in [0.25, 0.3) is 17.4 Å². The maximum Gasteiger partial charge on any atom is 0.274 e. The number of nitrogens with zero attached hydrogens (tertiary/aromatic N) is 2. The average Bonchev–Trinajstić information content (AvgIpc) is 2.60. The molecule has 132 valence electrons. The van der Waals surface area contributed by atoms with Crippen molar-refractivity contribution in [2.75, 3.05) is 18.4 Å². The van der Waals surface area contributed by atoms with Crippen LogP contribution >= 0.6 is 15.9 Å². The van der Waals surface area contributed by atoms with Gasteiger partial charge in [-0.3, -0.25) is 14.4 Å². The normalized spacial score (nSPS) is 10.4. The quantitative estimate of drug-likeness (QED) is 0.830. The Morgan fingerprint density at radius 1 is 1.12 bits per heavy atom. The van der Waals surface area contributed by atoms with Gasteiger partial charge in [-0.25, -0.2) is 0 Å². The molecule has 0 radical (unpaired) electrons. The van der Waals surface area contributed by atoms with Crippen LogP contribution in [0.1, 0.15) is 34.6 Å². The molecule has 1 N–H and O–H groups in total. The number of nitrogens with one attached hydrogen (secondary N) is 1. The topological polar surface area (TPSA) is 71.4 Å². The van der Waals surface area contributed by atoms with Gasteiger partial charge in [-0.2, -0.15) is 0 Å². The molecule has 0 atom stereocenters. The van der Waals surface area contributed by atoms with Gasteiger partial charge < -0.3 is 14.8 Å². The average molecular weight is 406 g/mol. The SMILES string of the molecule is CCN(CC)C(=O)c1cc(NC(=O)c2ccc(Br)cc2)c(=O)n(C)c1. The lowest BCUT2D eigenvalue weighted by Gasteiger charge is -2.19. The van der Waals surface area contributed by atoms with E-state index in [1.807, 2.05) is 13.8 Å². The molecular weight excluding hydrogens is 386 g/mol. The van der Waals surface area contributed by atoms with Crippen molar-refractivity contribution in [3.8, 4) is 0 Å². The molecule has 0 fully saturated rings. The van der Waals surface area contributed by atoms with Gasteiger partial charge in [-0.05, 0) is 44.2 Å². The number of rotatable bonds is 5. The summed E-state index contributed by atoms with van der Waals surface area (Å²) in [5.74, 6) is -0.586. The molecule has 0 aliphatic carbocycles. The molecule has 0 aliphatic rings. The van der Waals surface area contributed by atoms with Crippen LogP contribution in [-0.4, -0.2) is 34.4 Å². The van der Waals surface area contributed by atoms with Gasteiger partial charge in [0.2, 0.25) is 0 Å². The number of aromatic nitrogens is 1. The van der Waals surface area contributed by atoms with Crippen molar-refractivity contribution < 1.29 is 9.59 Å². The summed E-state index contributed by atoms with van der Waals surface area (Å²) in [6.45, 7) is 4.91. The van der Waals surface area contributed by atoms with E-state index in [9.17, 15) is 14.4 Å². The van der Waals surface area contributed by atoms with Crippen LogP contribution < -0.4 is 10.9 Å². The zero-order valence-electron chi connectivity index (χ0n) is 14.4. The minimum absolute atomic E-state index is 0.0772. The summed E-state index contributed by atoms with van der Waals surface area (Å²) in [6, 6.07) is 8.21. The molecule has 0 spiro atoms. The monoisotopic (exact) mass is 405 g/mol. The molecule has 2 aromatic rings. The van der Waals surface area contributed by atoms with Crippen molar-refractivity contribution in [1.29, 1.82) is 0 Å². The van der Waals surface area contributed by atoms with Crippen molar-refractivity contribution in [2.24, 2.45) is 7.05 Å². The number of hydrogen-bond donors (Lipinski definition) is 1. The minimum Gasteiger partial charge on any atom is -0.339 e. The van der Waals surface area contributed by atoms with Gasteiger partial charge >= 0.3 is 0 Å². The van der Waals surface area contributed by atoms with E-state index in [2.05, 4.69) is 21.2 Å². The predicted octanol–water partition coefficient (Wildman–Crippen LogP) is 2.88. The molecular formula is C18H20BrN3O3. The lowest BCUT2D eigenvalue weighted by molar-refractivity contribution is 0.0771. The molecule has 0 saturated heterocycles. The molecule has 1 heterocycles. The second-order valence-corrected chi connectivity index (χ2v) is 6.41. The third kappa shape index (κ3) is 4.36. The number of benzene rings is 1. The molecule has 0 bridgehead atoms. The first kappa shape index (κ1) is 18.9. The Bertz CT molecular complexity index is 840. The maximum absolute atomic E-state index is 12.5. The highest BCUT2D eigenvalue weighted by molar-refractivity contribution is 9.10. The Labute approximate surface area is 154 Å². The van der Waals surface area contributed by atoms with E-state index in [1.54, 1.807) is 36.2 Å². The molecule has 2 amide bonds. The van der Waals surface area contributed by atoms with Crippen LogP contribution in [0.5, 0.6) is 0 Å². The van der Waals surface area contributed by atoms with Gasteiger partial charge in [0.1, 0.15) is 5.69 Å². The summed E-state index contributed by atoms with van der Waals surface area (Å²) in [5, 5.41) is 2.60. The van der Waals surface area contributed by atoms with Crippen LogP contribution in [0.2, 0.25) is 0 Å². The second-order valence-electron chi connectivity index (χ2n) is 5.50. The molecule has 1 aromatic heterocycles. The lowest BCUT2D eigenvalue weighted by Crippen LogP contribution is -2.32. The van der Waals surface area contributed by atoms with Gasteiger partial charge in [-0.1, -0.05) is 15.9 Å². The van der Waals surface area contributed by atoms with Crippen LogP contribution in [0, 0.1) is 0 Å². The number of anilines is 1. The zero-order valence-corrected chi connectivity index (χ0v) is 16.0. The fourth-order valence-electron chi connectivity index (χ4n) is 2.41. The highest BCUT2D eigenvalue weighted by Crippen LogP contribution is 2.13. The van der Waals surface area contributed by atoms with Gasteiger partial charge in [0, 0.05) is 36.4 Å². The van der Waals surface area contributed by atoms with Crippen LogP contribution in [0.3, 0.4) is 0 Å². The van der Waals surface area contributed by atoms with Crippen molar-refractivity contribution in [2.45, 2.75) is 13.8 Å². The lowest BCUT2D eigenvalue weighted by atomic mass is 10.2. The molecule has 0 aliphatic heterocycles. The van der Waals surface area contributed by atoms with Crippen LogP contribution in [0.4, 0.5) is 5.69 Å². The maximum atomic E-state index is 12.5. The molecule has 25 heavy (non-hydrogen) atoms. The summed E-state index contributed by atoms with van der Waals surface area (Å²) >= 11 is 3.31. The molecule has 6 nitrogen and oxygen atoms in total. The van der Waals surface area contributed by atoms with E-state index < -0.39 is 5.91 Å². The van der Waals surface area contributed by atoms with Gasteiger partial charge in [0.15, 0.2) is 0 Å². The third-order valence-corrected chi connectivity index (χ3v) is 4.36. The van der Waals surface area contributed by atoms with Crippen LogP contribution in [0.15, 0.2) is 45.8 Å². The number of pyridine rings is 1. The fraction of sp³-hybridized carbons (Fsp3) is 0.278. The van der Waals surface area contributed by atoms with E-state index in [0.29, 0.717) is 24.2 Å². The van der Waals surface area contributed by atoms with Gasteiger partial charge in [-0.15, -0.1) is 0 Å². The molecule has 7 heteroatoms. The van der Waals surface area contributed by atoms with Crippen molar-refractivity contribution in [3.63, 3.8) is 0 Å². The van der Waals surface area contributed by atoms with E-state index in [4.69, 9.17) is 0 Å². The smallest absolute Gasteiger partial charge is 0.274 e. The number of hydrogen-bond acceptors (Lipinski definition) is 3. The Morgan fingerprint density at radius 2 is 1.72 bits per heavy atom. The fourth-order valence-corrected chi connectivity index (χ4v) is 2.67. The zero-order chi connectivity index (χ0) is 18.6. The second kappa shape index (κ2) is 8.11. The highest BCUT2D eigenvalue weighted by Gasteiger charge is 2.17. The van der Waals surface area contributed by atoms with E-state index in [0.717, 1.165) is 4.47 Å². The predicted molar refractivity (Wildman–Crippen MR) is 101 cm³/mol. The first-order chi connectivity index (χ1) is 11.9. The number of halogens is 1. The first-order valence-corrected chi connectivity index (χ1v) is 8.73. The molecule has 0 unspecified atom stereocenters. The minimum atomic E-state index is -0.406. The Balaban J connectivity index is 2.34.